The molecule has 0 aromatic heterocycles. The molecular weight excluding hydrogens is 210 g/mol. The molecule has 3 heteroatoms. The fraction of sp³-hybridized carbons (Fsp3) is 0.333. The van der Waals surface area contributed by atoms with E-state index in [1.54, 1.807) is 7.11 Å². The van der Waals surface area contributed by atoms with Crippen LogP contribution in [0.2, 0.25) is 5.02 Å². The normalized spacial score (nSPS) is 9.60. The second-order valence-electron chi connectivity index (χ2n) is 3.51. The van der Waals surface area contributed by atoms with Gasteiger partial charge in [-0.2, -0.15) is 0 Å². The molecule has 0 unspecified atom stereocenters. The first kappa shape index (κ1) is 11.9. The van der Waals surface area contributed by atoms with Gasteiger partial charge in [-0.15, -0.1) is 0 Å². The summed E-state index contributed by atoms with van der Waals surface area (Å²) in [6.07, 6.45) is 2.13. The van der Waals surface area contributed by atoms with Crippen molar-refractivity contribution in [1.29, 1.82) is 0 Å². The maximum Gasteiger partial charge on any atom is 0.139 e. The Morgan fingerprint density at radius 1 is 1.47 bits per heavy atom. The summed E-state index contributed by atoms with van der Waals surface area (Å²) in [4.78, 5) is 0. The van der Waals surface area contributed by atoms with Crippen LogP contribution >= 0.6 is 11.6 Å². The fourth-order valence-electron chi connectivity index (χ4n) is 1.14. The topological polar surface area (TPSA) is 21.3 Å². The molecule has 1 aromatic rings. The van der Waals surface area contributed by atoms with Crippen molar-refractivity contribution < 1.29 is 4.74 Å². The second kappa shape index (κ2) is 5.66. The molecule has 2 nitrogen and oxygen atoms in total. The zero-order chi connectivity index (χ0) is 11.3. The van der Waals surface area contributed by atoms with Crippen molar-refractivity contribution in [3.8, 4) is 5.75 Å². The minimum absolute atomic E-state index is 0.630. The van der Waals surface area contributed by atoms with Gasteiger partial charge >= 0.3 is 0 Å². The molecule has 0 aliphatic heterocycles. The Hall–Kier alpha value is -1.15. The van der Waals surface area contributed by atoms with Crippen molar-refractivity contribution in [3.05, 3.63) is 34.9 Å². The van der Waals surface area contributed by atoms with Gasteiger partial charge in [-0.05, 0) is 26.0 Å². The Morgan fingerprint density at radius 2 is 2.20 bits per heavy atom. The van der Waals surface area contributed by atoms with Crippen LogP contribution in [0, 0.1) is 0 Å². The Kier molecular flexibility index (Phi) is 4.50. The van der Waals surface area contributed by atoms with Gasteiger partial charge in [-0.25, -0.2) is 0 Å². The molecule has 0 atom stereocenters. The van der Waals surface area contributed by atoms with E-state index in [0.29, 0.717) is 10.8 Å². The summed E-state index contributed by atoms with van der Waals surface area (Å²) in [5.74, 6) is 0.693. The maximum atomic E-state index is 5.92. The molecule has 0 heterocycles. The smallest absolute Gasteiger partial charge is 0.139 e. The highest BCUT2D eigenvalue weighted by Crippen LogP contribution is 2.27. The highest BCUT2D eigenvalue weighted by Gasteiger charge is 2.00. The largest absolute Gasteiger partial charge is 0.495 e. The van der Waals surface area contributed by atoms with Crippen LogP contribution in [-0.4, -0.2) is 13.7 Å². The SMILES string of the molecule is COc1cc(NCC=C(C)C)ccc1Cl. The second-order valence-corrected chi connectivity index (χ2v) is 3.92. The third-order valence-electron chi connectivity index (χ3n) is 1.97. The Morgan fingerprint density at radius 3 is 2.80 bits per heavy atom. The highest BCUT2D eigenvalue weighted by molar-refractivity contribution is 6.32. The zero-order valence-electron chi connectivity index (χ0n) is 9.30. The van der Waals surface area contributed by atoms with Crippen LogP contribution in [-0.2, 0) is 0 Å². The molecular formula is C12H16ClNO. The van der Waals surface area contributed by atoms with Crippen molar-refractivity contribution in [3.63, 3.8) is 0 Å². The first-order valence-electron chi connectivity index (χ1n) is 4.84. The molecule has 82 valence electrons. The molecule has 0 aliphatic carbocycles. The van der Waals surface area contributed by atoms with Gasteiger partial charge in [0.1, 0.15) is 5.75 Å². The van der Waals surface area contributed by atoms with Gasteiger partial charge in [0.25, 0.3) is 0 Å². The first-order chi connectivity index (χ1) is 7.13. The number of halogens is 1. The average Bonchev–Trinajstić information content (AvgIpc) is 2.20. The summed E-state index contributed by atoms with van der Waals surface area (Å²) < 4.78 is 5.13. The van der Waals surface area contributed by atoms with Crippen LogP contribution in [0.15, 0.2) is 29.8 Å². The number of hydrogen-bond donors (Lipinski definition) is 1. The number of ether oxygens (including phenoxy) is 1. The molecule has 1 aromatic carbocycles. The summed E-state index contributed by atoms with van der Waals surface area (Å²) in [5, 5.41) is 3.89. The minimum Gasteiger partial charge on any atom is -0.495 e. The Bertz CT molecular complexity index is 357. The van der Waals surface area contributed by atoms with Crippen LogP contribution in [0.5, 0.6) is 5.75 Å². The van der Waals surface area contributed by atoms with Gasteiger partial charge in [-0.3, -0.25) is 0 Å². The van der Waals surface area contributed by atoms with E-state index in [0.717, 1.165) is 12.2 Å². The standard InChI is InChI=1S/C12H16ClNO/c1-9(2)6-7-14-10-4-5-11(13)12(8-10)15-3/h4-6,8,14H,7H2,1-3H3. The lowest BCUT2D eigenvalue weighted by Gasteiger charge is -2.07. The molecule has 0 aliphatic rings. The lowest BCUT2D eigenvalue weighted by Crippen LogP contribution is -1.99. The zero-order valence-corrected chi connectivity index (χ0v) is 10.1. The van der Waals surface area contributed by atoms with Crippen LogP contribution in [0.25, 0.3) is 0 Å². The summed E-state index contributed by atoms with van der Waals surface area (Å²) in [7, 11) is 1.61. The summed E-state index contributed by atoms with van der Waals surface area (Å²) in [6, 6.07) is 5.65. The Labute approximate surface area is 95.9 Å². The van der Waals surface area contributed by atoms with Crippen molar-refractivity contribution in [1.82, 2.24) is 0 Å². The molecule has 0 fully saturated rings. The number of hydrogen-bond acceptors (Lipinski definition) is 2. The number of methoxy groups -OCH3 is 1. The molecule has 0 amide bonds. The van der Waals surface area contributed by atoms with Crippen molar-refractivity contribution >= 4 is 17.3 Å². The molecule has 0 saturated carbocycles. The third kappa shape index (κ3) is 3.84. The van der Waals surface area contributed by atoms with Gasteiger partial charge in [0, 0.05) is 18.3 Å². The van der Waals surface area contributed by atoms with E-state index < -0.39 is 0 Å². The quantitative estimate of drug-likeness (QED) is 0.789. The first-order valence-corrected chi connectivity index (χ1v) is 5.22. The average molecular weight is 226 g/mol. The number of rotatable bonds is 4. The molecule has 0 bridgehead atoms. The summed E-state index contributed by atoms with van der Waals surface area (Å²) >= 11 is 5.92. The van der Waals surface area contributed by atoms with E-state index in [-0.39, 0.29) is 0 Å². The van der Waals surface area contributed by atoms with Crippen LogP contribution in [0.3, 0.4) is 0 Å². The van der Waals surface area contributed by atoms with E-state index in [1.807, 2.05) is 18.2 Å². The highest BCUT2D eigenvalue weighted by atomic mass is 35.5. The van der Waals surface area contributed by atoms with Gasteiger partial charge in [0.15, 0.2) is 0 Å². The van der Waals surface area contributed by atoms with Gasteiger partial charge in [0.2, 0.25) is 0 Å². The van der Waals surface area contributed by atoms with Crippen LogP contribution in [0.1, 0.15) is 13.8 Å². The van der Waals surface area contributed by atoms with E-state index in [4.69, 9.17) is 16.3 Å². The fourth-order valence-corrected chi connectivity index (χ4v) is 1.34. The molecule has 1 rings (SSSR count). The van der Waals surface area contributed by atoms with E-state index in [2.05, 4.69) is 25.2 Å². The molecule has 0 spiro atoms. The van der Waals surface area contributed by atoms with Crippen molar-refractivity contribution in [2.24, 2.45) is 0 Å². The number of allylic oxidation sites excluding steroid dienone is 1. The van der Waals surface area contributed by atoms with E-state index in [1.165, 1.54) is 5.57 Å². The summed E-state index contributed by atoms with van der Waals surface area (Å²) in [5.41, 5.74) is 2.30. The maximum absolute atomic E-state index is 5.92. The van der Waals surface area contributed by atoms with E-state index >= 15 is 0 Å². The van der Waals surface area contributed by atoms with E-state index in [9.17, 15) is 0 Å². The molecule has 1 N–H and O–H groups in total. The number of anilines is 1. The molecule has 0 radical (unpaired) electrons. The minimum atomic E-state index is 0.630. The lowest BCUT2D eigenvalue weighted by atomic mass is 10.3. The number of benzene rings is 1. The van der Waals surface area contributed by atoms with Gasteiger partial charge in [0.05, 0.1) is 12.1 Å². The third-order valence-corrected chi connectivity index (χ3v) is 2.28. The lowest BCUT2D eigenvalue weighted by molar-refractivity contribution is 0.415. The van der Waals surface area contributed by atoms with Crippen molar-refractivity contribution in [2.45, 2.75) is 13.8 Å². The van der Waals surface area contributed by atoms with Crippen molar-refractivity contribution in [2.75, 3.05) is 19.0 Å². The monoisotopic (exact) mass is 225 g/mol. The number of nitrogens with one attached hydrogen (secondary N) is 1. The predicted molar refractivity (Wildman–Crippen MR) is 65.9 cm³/mol. The molecule has 0 saturated heterocycles. The van der Waals surface area contributed by atoms with Crippen LogP contribution in [0.4, 0.5) is 5.69 Å². The summed E-state index contributed by atoms with van der Waals surface area (Å²) in [6.45, 7) is 4.96. The predicted octanol–water partition coefficient (Wildman–Crippen LogP) is 3.73. The van der Waals surface area contributed by atoms with Gasteiger partial charge < -0.3 is 10.1 Å². The van der Waals surface area contributed by atoms with Crippen LogP contribution < -0.4 is 10.1 Å². The molecule has 15 heavy (non-hydrogen) atoms. The van der Waals surface area contributed by atoms with Gasteiger partial charge in [-0.1, -0.05) is 23.3 Å². The Balaban J connectivity index is 2.66.